The van der Waals surface area contributed by atoms with E-state index in [1.807, 2.05) is 0 Å². The molecule has 10 heteroatoms. The molecule has 22 heavy (non-hydrogen) atoms. The van der Waals surface area contributed by atoms with Gasteiger partial charge >= 0.3 is 24.1 Å². The minimum Gasteiger partial charge on any atom is -0.453 e. The van der Waals surface area contributed by atoms with Gasteiger partial charge in [0, 0.05) is 6.08 Å². The summed E-state index contributed by atoms with van der Waals surface area (Å²) >= 11 is 0. The first-order valence-electron chi connectivity index (χ1n) is 5.99. The minimum atomic E-state index is -5.08. The fraction of sp³-hybridized carbons (Fsp3) is 0.750. The Balaban J connectivity index is 5.13. The van der Waals surface area contributed by atoms with Crippen molar-refractivity contribution in [2.24, 2.45) is 0 Å². The molecule has 130 valence electrons. The molecule has 0 N–H and O–H groups in total. The molecule has 0 aliphatic rings. The Morgan fingerprint density at radius 2 is 1.64 bits per heavy atom. The molecule has 0 fully saturated rings. The van der Waals surface area contributed by atoms with Gasteiger partial charge in [0.2, 0.25) is 0 Å². The van der Waals surface area contributed by atoms with E-state index < -0.39 is 42.9 Å². The number of esters is 1. The average molecular weight is 338 g/mol. The molecule has 0 aromatic rings. The molecule has 0 bridgehead atoms. The van der Waals surface area contributed by atoms with Crippen LogP contribution in [0.15, 0.2) is 12.7 Å². The summed E-state index contributed by atoms with van der Waals surface area (Å²) in [4.78, 5) is 10.6. The second-order valence-electron chi connectivity index (χ2n) is 4.59. The monoisotopic (exact) mass is 338 g/mol. The number of carbonyl (C=O) groups is 1. The average Bonchev–Trinajstić information content (AvgIpc) is 2.34. The van der Waals surface area contributed by atoms with E-state index in [0.29, 0.717) is 19.9 Å². The second-order valence-corrected chi connectivity index (χ2v) is 4.59. The van der Waals surface area contributed by atoms with E-state index in [4.69, 9.17) is 0 Å². The number of rotatable bonds is 9. The molecule has 0 aromatic heterocycles. The predicted molar refractivity (Wildman–Crippen MR) is 62.8 cm³/mol. The lowest BCUT2D eigenvalue weighted by atomic mass is 9.99. The maximum absolute atomic E-state index is 13.7. The molecule has 0 saturated heterocycles. The van der Waals surface area contributed by atoms with Gasteiger partial charge in [0.25, 0.3) is 0 Å². The highest BCUT2D eigenvalue weighted by Crippen LogP contribution is 2.46. The quantitative estimate of drug-likeness (QED) is 0.367. The topological polar surface area (TPSA) is 44.8 Å². The Morgan fingerprint density at radius 1 is 1.14 bits per heavy atom. The highest BCUT2D eigenvalue weighted by molar-refractivity contribution is 5.81. The first-order chi connectivity index (χ1) is 9.72. The minimum absolute atomic E-state index is 0.336. The molecule has 0 saturated carbocycles. The van der Waals surface area contributed by atoms with Crippen LogP contribution in [0.4, 0.5) is 26.3 Å². The number of carbonyl (C=O) groups excluding carboxylic acids is 1. The van der Waals surface area contributed by atoms with Crippen molar-refractivity contribution in [1.82, 2.24) is 0 Å². The summed E-state index contributed by atoms with van der Waals surface area (Å²) in [6.07, 6.45) is -8.90. The summed E-state index contributed by atoms with van der Waals surface area (Å²) in [5.74, 6) is -6.34. The van der Waals surface area contributed by atoms with Crippen LogP contribution in [0.2, 0.25) is 0 Å². The van der Waals surface area contributed by atoms with Crippen LogP contribution < -0.4 is 0 Å². The number of ether oxygens (including phenoxy) is 3. The van der Waals surface area contributed by atoms with Crippen LogP contribution in [-0.4, -0.2) is 42.9 Å². The zero-order valence-electron chi connectivity index (χ0n) is 12.1. The zero-order valence-corrected chi connectivity index (χ0v) is 12.1. The van der Waals surface area contributed by atoms with Gasteiger partial charge in [0.1, 0.15) is 5.60 Å². The fourth-order valence-electron chi connectivity index (χ4n) is 1.30. The van der Waals surface area contributed by atoms with Crippen LogP contribution in [0, 0.1) is 0 Å². The van der Waals surface area contributed by atoms with Crippen LogP contribution >= 0.6 is 0 Å². The lowest BCUT2D eigenvalue weighted by Crippen LogP contribution is -2.60. The van der Waals surface area contributed by atoms with Gasteiger partial charge in [0.15, 0.2) is 6.61 Å². The Hall–Kier alpha value is -1.29. The summed E-state index contributed by atoms with van der Waals surface area (Å²) in [6.45, 7) is 2.12. The van der Waals surface area contributed by atoms with Gasteiger partial charge in [-0.1, -0.05) is 6.58 Å². The molecular formula is C12H16F6O4. The number of hydrogen-bond donors (Lipinski definition) is 0. The first kappa shape index (κ1) is 20.7. The molecule has 0 radical (unpaired) electrons. The van der Waals surface area contributed by atoms with E-state index in [1.165, 1.54) is 0 Å². The van der Waals surface area contributed by atoms with Crippen LogP contribution in [0.5, 0.6) is 0 Å². The van der Waals surface area contributed by atoms with Crippen LogP contribution in [0.1, 0.15) is 20.8 Å². The van der Waals surface area contributed by atoms with Gasteiger partial charge in [-0.2, -0.15) is 26.3 Å². The Kier molecular flexibility index (Phi) is 6.46. The first-order valence-corrected chi connectivity index (χ1v) is 5.99. The largest absolute Gasteiger partial charge is 0.453 e. The van der Waals surface area contributed by atoms with E-state index in [2.05, 4.69) is 20.8 Å². The van der Waals surface area contributed by atoms with Gasteiger partial charge < -0.3 is 14.2 Å². The molecule has 0 unspecified atom stereocenters. The molecule has 0 amide bonds. The summed E-state index contributed by atoms with van der Waals surface area (Å²) in [7, 11) is 0. The van der Waals surface area contributed by atoms with Gasteiger partial charge in [-0.3, -0.25) is 0 Å². The van der Waals surface area contributed by atoms with Crippen LogP contribution in [-0.2, 0) is 19.0 Å². The molecular weight excluding hydrogens is 322 g/mol. The van der Waals surface area contributed by atoms with Crippen molar-refractivity contribution in [2.45, 2.75) is 44.5 Å². The van der Waals surface area contributed by atoms with Gasteiger partial charge in [0.05, 0.1) is 6.61 Å². The molecule has 0 aliphatic heterocycles. The SMILES string of the molecule is C=CC(=O)OCC(F)(F)OC(C)(C)C(F)(F)C(F)(F)OCC. The second kappa shape index (κ2) is 6.86. The third-order valence-electron chi connectivity index (χ3n) is 2.40. The Morgan fingerprint density at radius 3 is 2.05 bits per heavy atom. The van der Waals surface area contributed by atoms with E-state index in [1.54, 1.807) is 0 Å². The maximum atomic E-state index is 13.7. The van der Waals surface area contributed by atoms with Crippen molar-refractivity contribution in [3.8, 4) is 0 Å². The van der Waals surface area contributed by atoms with Crippen LogP contribution in [0.3, 0.4) is 0 Å². The molecule has 0 aromatic carbocycles. The maximum Gasteiger partial charge on any atom is 0.422 e. The lowest BCUT2D eigenvalue weighted by Gasteiger charge is -2.39. The lowest BCUT2D eigenvalue weighted by molar-refractivity contribution is -0.419. The highest BCUT2D eigenvalue weighted by Gasteiger charge is 2.69. The standard InChI is InChI=1S/C12H16F6O4/c1-5-8(19)20-7-10(13,14)22-9(3,4)11(15,16)12(17,18)21-6-2/h5H,1,6-7H2,2-4H3. The van der Waals surface area contributed by atoms with Crippen molar-refractivity contribution in [3.05, 3.63) is 12.7 Å². The van der Waals surface area contributed by atoms with Gasteiger partial charge in [-0.25, -0.2) is 4.79 Å². The molecule has 0 spiro atoms. The summed E-state index contributed by atoms with van der Waals surface area (Å²) in [6, 6.07) is 0. The third kappa shape index (κ3) is 4.87. The van der Waals surface area contributed by atoms with Gasteiger partial charge in [-0.15, -0.1) is 0 Å². The van der Waals surface area contributed by atoms with Crippen molar-refractivity contribution in [3.63, 3.8) is 0 Å². The summed E-state index contributed by atoms with van der Waals surface area (Å²) in [5, 5.41) is 0. The molecule has 0 rings (SSSR count). The molecule has 0 heterocycles. The molecule has 4 nitrogen and oxygen atoms in total. The zero-order chi connectivity index (χ0) is 17.8. The molecule has 0 aliphatic carbocycles. The predicted octanol–water partition coefficient (Wildman–Crippen LogP) is 3.37. The van der Waals surface area contributed by atoms with E-state index >= 15 is 0 Å². The number of alkyl halides is 6. The smallest absolute Gasteiger partial charge is 0.422 e. The Labute approximate surface area is 123 Å². The summed E-state index contributed by atoms with van der Waals surface area (Å²) in [5.41, 5.74) is -3.32. The van der Waals surface area contributed by atoms with Crippen molar-refractivity contribution in [1.29, 1.82) is 0 Å². The highest BCUT2D eigenvalue weighted by atomic mass is 19.3. The summed E-state index contributed by atoms with van der Waals surface area (Å²) < 4.78 is 92.0. The van der Waals surface area contributed by atoms with Gasteiger partial charge in [-0.05, 0) is 20.8 Å². The van der Waals surface area contributed by atoms with Crippen molar-refractivity contribution >= 4 is 5.97 Å². The van der Waals surface area contributed by atoms with Crippen molar-refractivity contribution in [2.75, 3.05) is 13.2 Å². The van der Waals surface area contributed by atoms with Crippen LogP contribution in [0.25, 0.3) is 0 Å². The molecule has 0 atom stereocenters. The van der Waals surface area contributed by atoms with E-state index in [0.717, 1.165) is 6.92 Å². The number of hydrogen-bond acceptors (Lipinski definition) is 4. The van der Waals surface area contributed by atoms with E-state index in [9.17, 15) is 31.1 Å². The fourth-order valence-corrected chi connectivity index (χ4v) is 1.30. The third-order valence-corrected chi connectivity index (χ3v) is 2.40. The number of halogens is 6. The van der Waals surface area contributed by atoms with Crippen molar-refractivity contribution < 1.29 is 45.3 Å². The Bertz CT molecular complexity index is 408. The normalized spacial score (nSPS) is 13.9. The van der Waals surface area contributed by atoms with E-state index in [-0.39, 0.29) is 0 Å².